The highest BCUT2D eigenvalue weighted by Crippen LogP contribution is 2.12. The van der Waals surface area contributed by atoms with Crippen molar-refractivity contribution in [1.82, 2.24) is 4.90 Å². The quantitative estimate of drug-likeness (QED) is 0.572. The van der Waals surface area contributed by atoms with Crippen molar-refractivity contribution in [2.24, 2.45) is 4.99 Å². The zero-order valence-corrected chi connectivity index (χ0v) is 11.8. The fourth-order valence-corrected chi connectivity index (χ4v) is 1.37. The molecule has 0 aromatic rings. The second-order valence-corrected chi connectivity index (χ2v) is 4.13. The Morgan fingerprint density at radius 2 is 1.94 bits per heavy atom. The van der Waals surface area contributed by atoms with Gasteiger partial charge in [-0.1, -0.05) is 38.4 Å². The van der Waals surface area contributed by atoms with E-state index in [0.717, 1.165) is 32.1 Å². The molecular formula is C13H23ClN2O. The van der Waals surface area contributed by atoms with Crippen molar-refractivity contribution in [3.63, 3.8) is 0 Å². The van der Waals surface area contributed by atoms with Gasteiger partial charge in [0, 0.05) is 24.3 Å². The second-order valence-electron chi connectivity index (χ2n) is 3.64. The van der Waals surface area contributed by atoms with Gasteiger partial charge in [0.05, 0.1) is 13.2 Å². The summed E-state index contributed by atoms with van der Waals surface area (Å²) in [7, 11) is 0. The Kier molecular flexibility index (Phi) is 9.87. The van der Waals surface area contributed by atoms with E-state index >= 15 is 0 Å². The van der Waals surface area contributed by atoms with E-state index in [4.69, 9.17) is 16.3 Å². The van der Waals surface area contributed by atoms with Gasteiger partial charge >= 0.3 is 0 Å². The van der Waals surface area contributed by atoms with Gasteiger partial charge in [-0.3, -0.25) is 0 Å². The summed E-state index contributed by atoms with van der Waals surface area (Å²) in [5.74, 6) is 0.857. The number of rotatable bonds is 3. The van der Waals surface area contributed by atoms with Crippen LogP contribution in [0.1, 0.15) is 27.2 Å². The topological polar surface area (TPSA) is 24.8 Å². The molecule has 0 aromatic heterocycles. The molecule has 1 saturated heterocycles. The lowest BCUT2D eigenvalue weighted by molar-refractivity contribution is 0.0532. The van der Waals surface area contributed by atoms with E-state index in [-0.39, 0.29) is 0 Å². The van der Waals surface area contributed by atoms with Gasteiger partial charge in [0.2, 0.25) is 0 Å². The number of ether oxygens (including phenoxy) is 1. The first-order valence-electron chi connectivity index (χ1n) is 6.03. The molecule has 17 heavy (non-hydrogen) atoms. The van der Waals surface area contributed by atoms with Gasteiger partial charge < -0.3 is 9.64 Å². The molecule has 0 amide bonds. The first kappa shape index (κ1) is 16.2. The zero-order chi connectivity index (χ0) is 13.1. The third-order valence-electron chi connectivity index (χ3n) is 1.88. The van der Waals surface area contributed by atoms with E-state index in [9.17, 15) is 0 Å². The lowest BCUT2D eigenvalue weighted by Crippen LogP contribution is -2.35. The molecule has 98 valence electrons. The van der Waals surface area contributed by atoms with Crippen molar-refractivity contribution in [1.29, 1.82) is 0 Å². The molecule has 1 heterocycles. The summed E-state index contributed by atoms with van der Waals surface area (Å²) in [6.07, 6.45) is 4.77. The standard InChI is InChI=1S/C10H15ClN2O.C3H8/c1-3-12-10(8-9(2)11)13-4-6-14-7-5-13;1-3-2/h3,8H,2,4-7H2,1H3;3H2,1-2H3/b10-8+,12-3-;. The molecule has 0 radical (unpaired) electrons. The highest BCUT2D eigenvalue weighted by Gasteiger charge is 2.12. The van der Waals surface area contributed by atoms with E-state index in [1.165, 1.54) is 6.42 Å². The Morgan fingerprint density at radius 1 is 1.41 bits per heavy atom. The van der Waals surface area contributed by atoms with Crippen LogP contribution in [-0.2, 0) is 4.74 Å². The molecule has 3 nitrogen and oxygen atoms in total. The number of hydrogen-bond acceptors (Lipinski definition) is 3. The normalized spacial score (nSPS) is 16.7. The third kappa shape index (κ3) is 8.00. The molecule has 0 spiro atoms. The molecule has 0 atom stereocenters. The van der Waals surface area contributed by atoms with Crippen LogP contribution in [-0.4, -0.2) is 37.4 Å². The largest absolute Gasteiger partial charge is 0.378 e. The van der Waals surface area contributed by atoms with Crippen molar-refractivity contribution in [2.75, 3.05) is 26.3 Å². The monoisotopic (exact) mass is 258 g/mol. The Hall–Kier alpha value is -0.800. The summed E-state index contributed by atoms with van der Waals surface area (Å²) in [5, 5.41) is 0.497. The number of allylic oxidation sites excluding steroid dienone is 2. The minimum Gasteiger partial charge on any atom is -0.378 e. The van der Waals surface area contributed by atoms with Gasteiger partial charge in [0.25, 0.3) is 0 Å². The van der Waals surface area contributed by atoms with Gasteiger partial charge in [-0.05, 0) is 13.0 Å². The van der Waals surface area contributed by atoms with E-state index < -0.39 is 0 Å². The summed E-state index contributed by atoms with van der Waals surface area (Å²) in [6.45, 7) is 13.0. The minimum absolute atomic E-state index is 0.497. The first-order valence-corrected chi connectivity index (χ1v) is 6.40. The SMILES string of the molecule is C=C(Cl)/C=C(\N=C/C)N1CCOCC1.CCC. The van der Waals surface area contributed by atoms with Gasteiger partial charge in [-0.15, -0.1) is 0 Å². The number of morpholine rings is 1. The van der Waals surface area contributed by atoms with Crippen LogP contribution in [0.5, 0.6) is 0 Å². The molecule has 1 aliphatic rings. The van der Waals surface area contributed by atoms with Gasteiger partial charge in [0.1, 0.15) is 5.82 Å². The molecule has 0 N–H and O–H groups in total. The summed E-state index contributed by atoms with van der Waals surface area (Å²) in [4.78, 5) is 6.39. The van der Waals surface area contributed by atoms with Gasteiger partial charge in [-0.2, -0.15) is 0 Å². The number of hydrogen-bond donors (Lipinski definition) is 0. The zero-order valence-electron chi connectivity index (χ0n) is 11.1. The predicted molar refractivity (Wildman–Crippen MR) is 75.6 cm³/mol. The molecule has 0 saturated carbocycles. The predicted octanol–water partition coefficient (Wildman–Crippen LogP) is 3.42. The lowest BCUT2D eigenvalue weighted by Gasteiger charge is -2.28. The highest BCUT2D eigenvalue weighted by atomic mass is 35.5. The van der Waals surface area contributed by atoms with Crippen LogP contribution in [0.3, 0.4) is 0 Å². The summed E-state index contributed by atoms with van der Waals surface area (Å²) in [6, 6.07) is 0. The Morgan fingerprint density at radius 3 is 2.35 bits per heavy atom. The van der Waals surface area contributed by atoms with Crippen LogP contribution < -0.4 is 0 Å². The molecule has 0 bridgehead atoms. The summed E-state index contributed by atoms with van der Waals surface area (Å²) < 4.78 is 5.26. The first-order chi connectivity index (χ1) is 8.15. The van der Waals surface area contributed by atoms with Crippen molar-refractivity contribution < 1.29 is 4.74 Å². The van der Waals surface area contributed by atoms with E-state index in [1.54, 1.807) is 12.3 Å². The average Bonchev–Trinajstić information content (AvgIpc) is 2.30. The Balaban J connectivity index is 0.000000770. The maximum absolute atomic E-state index is 5.72. The molecule has 1 aliphatic heterocycles. The summed E-state index contributed by atoms with van der Waals surface area (Å²) >= 11 is 5.72. The Labute approximate surface area is 110 Å². The Bertz CT molecular complexity index is 269. The van der Waals surface area contributed by atoms with E-state index in [1.807, 2.05) is 6.92 Å². The smallest absolute Gasteiger partial charge is 0.129 e. The number of nitrogens with zero attached hydrogens (tertiary/aromatic N) is 2. The van der Waals surface area contributed by atoms with Crippen molar-refractivity contribution >= 4 is 17.8 Å². The lowest BCUT2D eigenvalue weighted by atomic mass is 10.4. The second kappa shape index (κ2) is 10.4. The molecule has 0 aliphatic carbocycles. The van der Waals surface area contributed by atoms with Crippen LogP contribution in [0, 0.1) is 0 Å². The maximum atomic E-state index is 5.72. The fourth-order valence-electron chi connectivity index (χ4n) is 1.28. The molecular weight excluding hydrogens is 236 g/mol. The molecule has 1 rings (SSSR count). The van der Waals surface area contributed by atoms with Gasteiger partial charge in [0.15, 0.2) is 0 Å². The van der Waals surface area contributed by atoms with Crippen molar-refractivity contribution in [3.8, 4) is 0 Å². The van der Waals surface area contributed by atoms with E-state index in [2.05, 4.69) is 30.3 Å². The molecule has 0 unspecified atom stereocenters. The average molecular weight is 259 g/mol. The fraction of sp³-hybridized carbons (Fsp3) is 0.615. The van der Waals surface area contributed by atoms with E-state index in [0.29, 0.717) is 5.03 Å². The molecule has 4 heteroatoms. The van der Waals surface area contributed by atoms with Gasteiger partial charge in [-0.25, -0.2) is 4.99 Å². The maximum Gasteiger partial charge on any atom is 0.129 e. The molecule has 1 fully saturated rings. The van der Waals surface area contributed by atoms with Crippen LogP contribution >= 0.6 is 11.6 Å². The third-order valence-corrected chi connectivity index (χ3v) is 1.99. The van der Waals surface area contributed by atoms with Crippen LogP contribution in [0.25, 0.3) is 0 Å². The van der Waals surface area contributed by atoms with Crippen molar-refractivity contribution in [3.05, 3.63) is 23.5 Å². The minimum atomic E-state index is 0.497. The molecule has 0 aromatic carbocycles. The highest BCUT2D eigenvalue weighted by molar-refractivity contribution is 6.30. The number of aliphatic imine (C=N–C) groups is 1. The van der Waals surface area contributed by atoms with Crippen molar-refractivity contribution in [2.45, 2.75) is 27.2 Å². The van der Waals surface area contributed by atoms with Crippen LogP contribution in [0.2, 0.25) is 0 Å². The van der Waals surface area contributed by atoms with Crippen LogP contribution in [0.4, 0.5) is 0 Å². The van der Waals surface area contributed by atoms with Crippen LogP contribution in [0.15, 0.2) is 28.5 Å². The summed E-state index contributed by atoms with van der Waals surface area (Å²) in [5.41, 5.74) is 0. The number of halogens is 1.